The molecule has 6 nitrogen and oxygen atoms in total. The molecule has 2 unspecified atom stereocenters. The van der Waals surface area contributed by atoms with Crippen molar-refractivity contribution in [3.05, 3.63) is 33.3 Å². The molecular formula is C20H26BrNO5. The van der Waals surface area contributed by atoms with Crippen LogP contribution in [-0.2, 0) is 25.6 Å². The lowest BCUT2D eigenvalue weighted by Crippen LogP contribution is -2.37. The molecule has 0 spiro atoms. The molecular weight excluding hydrogens is 414 g/mol. The van der Waals surface area contributed by atoms with Crippen molar-refractivity contribution in [3.8, 4) is 0 Å². The monoisotopic (exact) mass is 439 g/mol. The molecule has 1 fully saturated rings. The second kappa shape index (κ2) is 7.80. The minimum Gasteiger partial charge on any atom is -0.455 e. The zero-order valence-electron chi connectivity index (χ0n) is 16.2. The molecule has 3 rings (SSSR count). The van der Waals surface area contributed by atoms with Gasteiger partial charge in [0.05, 0.1) is 19.3 Å². The van der Waals surface area contributed by atoms with E-state index in [1.165, 1.54) is 6.92 Å². The van der Waals surface area contributed by atoms with E-state index >= 15 is 0 Å². The average molecular weight is 440 g/mol. The van der Waals surface area contributed by atoms with Crippen LogP contribution in [0.3, 0.4) is 0 Å². The fourth-order valence-corrected chi connectivity index (χ4v) is 4.21. The number of fused-ring (bicyclic) bond motifs is 1. The molecule has 2 aliphatic heterocycles. The highest BCUT2D eigenvalue weighted by molar-refractivity contribution is 9.10. The van der Waals surface area contributed by atoms with Gasteiger partial charge in [-0.2, -0.15) is 0 Å². The lowest BCUT2D eigenvalue weighted by Gasteiger charge is -2.33. The van der Waals surface area contributed by atoms with Crippen molar-refractivity contribution in [1.82, 2.24) is 4.90 Å². The number of halogens is 1. The van der Waals surface area contributed by atoms with Crippen LogP contribution in [0.25, 0.3) is 0 Å². The Labute approximate surface area is 168 Å². The Kier molecular flexibility index (Phi) is 5.82. The van der Waals surface area contributed by atoms with Crippen LogP contribution in [0.15, 0.2) is 16.6 Å². The summed E-state index contributed by atoms with van der Waals surface area (Å²) in [5, 5.41) is 0. The fourth-order valence-electron chi connectivity index (χ4n) is 3.72. The summed E-state index contributed by atoms with van der Waals surface area (Å²) in [5.41, 5.74) is 2.43. The van der Waals surface area contributed by atoms with Gasteiger partial charge in [-0.15, -0.1) is 0 Å². The first-order valence-electron chi connectivity index (χ1n) is 9.22. The molecule has 0 aliphatic carbocycles. The predicted molar refractivity (Wildman–Crippen MR) is 103 cm³/mol. The standard InChI is InChI=1S/C20H26BrNO5/c1-12(23)26-18-11-25-10-16-14(8-13(21)9-15(16)18)17-6-5-7-22(17)19(24)27-20(2,3)4/h8-9,17-18H,5-7,10-11H2,1-4H3. The van der Waals surface area contributed by atoms with Crippen LogP contribution in [0.1, 0.15) is 69.4 Å². The third-order valence-corrected chi connectivity index (χ3v) is 5.15. The van der Waals surface area contributed by atoms with Crippen molar-refractivity contribution in [2.75, 3.05) is 13.2 Å². The van der Waals surface area contributed by atoms with Gasteiger partial charge in [-0.25, -0.2) is 4.79 Å². The molecule has 2 atom stereocenters. The highest BCUT2D eigenvalue weighted by Crippen LogP contribution is 2.41. The minimum absolute atomic E-state index is 0.0780. The van der Waals surface area contributed by atoms with Crippen molar-refractivity contribution in [2.24, 2.45) is 0 Å². The Morgan fingerprint density at radius 3 is 2.63 bits per heavy atom. The van der Waals surface area contributed by atoms with Crippen molar-refractivity contribution >= 4 is 28.0 Å². The average Bonchev–Trinajstić information content (AvgIpc) is 3.02. The van der Waals surface area contributed by atoms with Gasteiger partial charge in [0.25, 0.3) is 0 Å². The molecule has 0 aromatic heterocycles. The molecule has 1 aromatic carbocycles. The maximum absolute atomic E-state index is 12.7. The first-order valence-corrected chi connectivity index (χ1v) is 10.0. The molecule has 2 heterocycles. The summed E-state index contributed by atoms with van der Waals surface area (Å²) in [6.45, 7) is 8.44. The molecule has 0 bridgehead atoms. The van der Waals surface area contributed by atoms with Gasteiger partial charge >= 0.3 is 12.1 Å². The SMILES string of the molecule is CC(=O)OC1COCc2c1cc(Br)cc2C1CCCN1C(=O)OC(C)(C)C. The van der Waals surface area contributed by atoms with E-state index in [1.807, 2.05) is 32.9 Å². The van der Waals surface area contributed by atoms with E-state index in [0.717, 1.165) is 34.0 Å². The van der Waals surface area contributed by atoms with E-state index < -0.39 is 11.7 Å². The summed E-state index contributed by atoms with van der Waals surface area (Å²) < 4.78 is 17.6. The quantitative estimate of drug-likeness (QED) is 0.627. The first kappa shape index (κ1) is 20.1. The third-order valence-electron chi connectivity index (χ3n) is 4.69. The second-order valence-corrected chi connectivity index (χ2v) is 8.92. The third kappa shape index (κ3) is 4.63. The molecule has 7 heteroatoms. The largest absolute Gasteiger partial charge is 0.455 e. The second-order valence-electron chi connectivity index (χ2n) is 8.01. The Morgan fingerprint density at radius 1 is 1.26 bits per heavy atom. The number of benzene rings is 1. The normalized spacial score (nSPS) is 22.3. The number of amides is 1. The van der Waals surface area contributed by atoms with Crippen LogP contribution in [-0.4, -0.2) is 35.7 Å². The number of esters is 1. The summed E-state index contributed by atoms with van der Waals surface area (Å²) in [5.74, 6) is -0.339. The number of ether oxygens (including phenoxy) is 3. The van der Waals surface area contributed by atoms with Crippen molar-refractivity contribution in [2.45, 2.75) is 64.9 Å². The van der Waals surface area contributed by atoms with E-state index in [4.69, 9.17) is 14.2 Å². The molecule has 1 aromatic rings. The van der Waals surface area contributed by atoms with E-state index in [-0.39, 0.29) is 18.1 Å². The van der Waals surface area contributed by atoms with Crippen LogP contribution in [0.4, 0.5) is 4.79 Å². The van der Waals surface area contributed by atoms with Crippen molar-refractivity contribution < 1.29 is 23.8 Å². The lowest BCUT2D eigenvalue weighted by molar-refractivity contribution is -0.151. The van der Waals surface area contributed by atoms with Crippen LogP contribution < -0.4 is 0 Å². The van der Waals surface area contributed by atoms with Gasteiger partial charge in [0.15, 0.2) is 6.10 Å². The molecule has 0 N–H and O–H groups in total. The van der Waals surface area contributed by atoms with E-state index in [9.17, 15) is 9.59 Å². The van der Waals surface area contributed by atoms with E-state index in [0.29, 0.717) is 19.8 Å². The molecule has 1 amide bonds. The van der Waals surface area contributed by atoms with E-state index in [1.54, 1.807) is 4.90 Å². The molecule has 148 valence electrons. The van der Waals surface area contributed by atoms with Crippen LogP contribution >= 0.6 is 15.9 Å². The number of hydrogen-bond acceptors (Lipinski definition) is 5. The molecule has 27 heavy (non-hydrogen) atoms. The maximum Gasteiger partial charge on any atom is 0.410 e. The van der Waals surface area contributed by atoms with Gasteiger partial charge in [0.1, 0.15) is 5.60 Å². The first-order chi connectivity index (χ1) is 12.7. The number of hydrogen-bond donors (Lipinski definition) is 0. The van der Waals surface area contributed by atoms with Gasteiger partial charge in [-0.05, 0) is 56.9 Å². The van der Waals surface area contributed by atoms with Crippen molar-refractivity contribution in [3.63, 3.8) is 0 Å². The Bertz CT molecular complexity index is 743. The number of rotatable bonds is 2. The zero-order valence-corrected chi connectivity index (χ0v) is 17.8. The Hall–Kier alpha value is -1.60. The minimum atomic E-state index is -0.537. The predicted octanol–water partition coefficient (Wildman–Crippen LogP) is 4.66. The summed E-state index contributed by atoms with van der Waals surface area (Å²) in [4.78, 5) is 26.0. The van der Waals surface area contributed by atoms with Crippen LogP contribution in [0, 0.1) is 0 Å². The fraction of sp³-hybridized carbons (Fsp3) is 0.600. The van der Waals surface area contributed by atoms with Crippen LogP contribution in [0.2, 0.25) is 0 Å². The molecule has 0 saturated carbocycles. The summed E-state index contributed by atoms with van der Waals surface area (Å²) in [6, 6.07) is 3.93. The topological polar surface area (TPSA) is 65.1 Å². The maximum atomic E-state index is 12.7. The number of carbonyl (C=O) groups excluding carboxylic acids is 2. The molecule has 0 radical (unpaired) electrons. The van der Waals surface area contributed by atoms with Gasteiger partial charge in [0.2, 0.25) is 0 Å². The number of nitrogens with zero attached hydrogens (tertiary/aromatic N) is 1. The molecule has 2 aliphatic rings. The Morgan fingerprint density at radius 2 is 1.96 bits per heavy atom. The smallest absolute Gasteiger partial charge is 0.410 e. The van der Waals surface area contributed by atoms with Gasteiger partial charge in [0, 0.05) is 23.5 Å². The molecule has 1 saturated heterocycles. The van der Waals surface area contributed by atoms with Crippen LogP contribution in [0.5, 0.6) is 0 Å². The van der Waals surface area contributed by atoms with Gasteiger partial charge in [-0.3, -0.25) is 4.79 Å². The van der Waals surface area contributed by atoms with Gasteiger partial charge < -0.3 is 19.1 Å². The summed E-state index contributed by atoms with van der Waals surface area (Å²) >= 11 is 3.57. The highest BCUT2D eigenvalue weighted by Gasteiger charge is 2.36. The number of carbonyl (C=O) groups is 2. The Balaban J connectivity index is 1.95. The number of likely N-dealkylation sites (tertiary alicyclic amines) is 1. The van der Waals surface area contributed by atoms with E-state index in [2.05, 4.69) is 15.9 Å². The highest BCUT2D eigenvalue weighted by atomic mass is 79.9. The van der Waals surface area contributed by atoms with Crippen molar-refractivity contribution in [1.29, 1.82) is 0 Å². The van der Waals surface area contributed by atoms with Gasteiger partial charge in [-0.1, -0.05) is 15.9 Å². The summed E-state index contributed by atoms with van der Waals surface area (Å²) in [6.07, 6.45) is 1.05. The lowest BCUT2D eigenvalue weighted by atomic mass is 9.91. The zero-order chi connectivity index (χ0) is 19.8. The summed E-state index contributed by atoms with van der Waals surface area (Å²) in [7, 11) is 0.